The van der Waals surface area contributed by atoms with Gasteiger partial charge in [0.05, 0.1) is 6.04 Å². The number of rotatable bonds is 2. The number of Topliss-reactive ketones (excluding diaryl/α,β-unsaturated/α-hetero) is 1. The van der Waals surface area contributed by atoms with Gasteiger partial charge in [0.2, 0.25) is 0 Å². The highest BCUT2D eigenvalue weighted by Gasteiger charge is 2.23. The molecule has 0 saturated carbocycles. The van der Waals surface area contributed by atoms with Gasteiger partial charge < -0.3 is 5.32 Å². The van der Waals surface area contributed by atoms with E-state index >= 15 is 0 Å². The molecule has 2 nitrogen and oxygen atoms in total. The van der Waals surface area contributed by atoms with Crippen molar-refractivity contribution < 1.29 is 4.79 Å². The second-order valence-electron chi connectivity index (χ2n) is 4.70. The Hall–Kier alpha value is -0.630. The van der Waals surface area contributed by atoms with Crippen molar-refractivity contribution in [2.45, 2.75) is 57.4 Å². The van der Waals surface area contributed by atoms with E-state index in [4.69, 9.17) is 0 Å². The van der Waals surface area contributed by atoms with E-state index in [9.17, 15) is 4.79 Å². The van der Waals surface area contributed by atoms with Crippen LogP contribution in [-0.2, 0) is 4.79 Å². The van der Waals surface area contributed by atoms with Gasteiger partial charge in [0.25, 0.3) is 0 Å². The van der Waals surface area contributed by atoms with Gasteiger partial charge in [-0.1, -0.05) is 18.9 Å². The smallest absolute Gasteiger partial charge is 0.175 e. The van der Waals surface area contributed by atoms with E-state index in [2.05, 4.69) is 11.4 Å². The molecule has 2 aliphatic rings. The van der Waals surface area contributed by atoms with Crippen LogP contribution in [0.3, 0.4) is 0 Å². The summed E-state index contributed by atoms with van der Waals surface area (Å²) in [5, 5.41) is 3.39. The molecule has 1 unspecified atom stereocenters. The summed E-state index contributed by atoms with van der Waals surface area (Å²) in [5.41, 5.74) is 1.10. The zero-order valence-electron chi connectivity index (χ0n) is 9.43. The fraction of sp³-hybridized carbons (Fsp3) is 0.769. The molecule has 1 saturated heterocycles. The summed E-state index contributed by atoms with van der Waals surface area (Å²) >= 11 is 0. The summed E-state index contributed by atoms with van der Waals surface area (Å²) in [4.78, 5) is 12.2. The van der Waals surface area contributed by atoms with E-state index < -0.39 is 0 Å². The first-order valence-corrected chi connectivity index (χ1v) is 6.34. The van der Waals surface area contributed by atoms with Crippen LogP contribution in [0.2, 0.25) is 0 Å². The third-order valence-corrected chi connectivity index (χ3v) is 3.48. The molecule has 0 amide bonds. The molecule has 0 aromatic rings. The fourth-order valence-corrected chi connectivity index (χ4v) is 2.54. The van der Waals surface area contributed by atoms with Crippen molar-refractivity contribution in [3.63, 3.8) is 0 Å². The van der Waals surface area contributed by atoms with Crippen molar-refractivity contribution >= 4 is 5.78 Å². The molecule has 1 aliphatic carbocycles. The van der Waals surface area contributed by atoms with Crippen molar-refractivity contribution in [1.82, 2.24) is 5.32 Å². The van der Waals surface area contributed by atoms with Gasteiger partial charge in [-0.05, 0) is 50.6 Å². The Kier molecular flexibility index (Phi) is 3.95. The molecule has 2 rings (SSSR count). The van der Waals surface area contributed by atoms with Gasteiger partial charge >= 0.3 is 0 Å². The Morgan fingerprint density at radius 2 is 2.13 bits per heavy atom. The van der Waals surface area contributed by atoms with Gasteiger partial charge in [-0.15, -0.1) is 0 Å². The molecule has 0 spiro atoms. The Morgan fingerprint density at radius 1 is 1.20 bits per heavy atom. The van der Waals surface area contributed by atoms with Gasteiger partial charge in [-0.2, -0.15) is 0 Å². The van der Waals surface area contributed by atoms with Gasteiger partial charge in [-0.3, -0.25) is 4.79 Å². The first-order valence-electron chi connectivity index (χ1n) is 6.34. The lowest BCUT2D eigenvalue weighted by molar-refractivity contribution is -0.117. The Balaban J connectivity index is 1.95. The summed E-state index contributed by atoms with van der Waals surface area (Å²) in [6, 6.07) is 0.122. The summed E-state index contributed by atoms with van der Waals surface area (Å²) < 4.78 is 0. The molecule has 1 aliphatic heterocycles. The maximum absolute atomic E-state index is 12.2. The lowest BCUT2D eigenvalue weighted by atomic mass is 9.92. The Morgan fingerprint density at radius 3 is 2.93 bits per heavy atom. The van der Waals surface area contributed by atoms with Crippen molar-refractivity contribution in [3.05, 3.63) is 11.6 Å². The summed E-state index contributed by atoms with van der Waals surface area (Å²) in [7, 11) is 0. The normalized spacial score (nSPS) is 28.0. The van der Waals surface area contributed by atoms with Crippen LogP contribution in [0, 0.1) is 0 Å². The SMILES string of the molecule is O=C(C1=CCCCC1)C1CCCCCN1. The van der Waals surface area contributed by atoms with E-state index in [1.165, 1.54) is 32.1 Å². The van der Waals surface area contributed by atoms with Crippen LogP contribution >= 0.6 is 0 Å². The molecule has 1 fully saturated rings. The maximum Gasteiger partial charge on any atom is 0.175 e. The second kappa shape index (κ2) is 5.45. The van der Waals surface area contributed by atoms with Crippen LogP contribution in [-0.4, -0.2) is 18.4 Å². The quantitative estimate of drug-likeness (QED) is 0.754. The lowest BCUT2D eigenvalue weighted by Crippen LogP contribution is -2.37. The van der Waals surface area contributed by atoms with Crippen LogP contribution in [0.25, 0.3) is 0 Å². The van der Waals surface area contributed by atoms with Crippen LogP contribution in [0.15, 0.2) is 11.6 Å². The van der Waals surface area contributed by atoms with Crippen molar-refractivity contribution in [2.24, 2.45) is 0 Å². The molecule has 0 bridgehead atoms. The molecule has 2 heteroatoms. The van der Waals surface area contributed by atoms with E-state index in [0.717, 1.165) is 31.4 Å². The molecule has 0 aromatic carbocycles. The first-order chi connectivity index (χ1) is 7.38. The highest BCUT2D eigenvalue weighted by molar-refractivity contribution is 5.99. The van der Waals surface area contributed by atoms with E-state index in [-0.39, 0.29) is 6.04 Å². The molecule has 0 aromatic heterocycles. The van der Waals surface area contributed by atoms with E-state index in [0.29, 0.717) is 5.78 Å². The molecular formula is C13H21NO. The molecule has 84 valence electrons. The van der Waals surface area contributed by atoms with Crippen LogP contribution < -0.4 is 5.32 Å². The summed E-state index contributed by atoms with van der Waals surface area (Å²) in [5.74, 6) is 0.386. The van der Waals surface area contributed by atoms with Crippen LogP contribution in [0.4, 0.5) is 0 Å². The third-order valence-electron chi connectivity index (χ3n) is 3.48. The van der Waals surface area contributed by atoms with Gasteiger partial charge in [0, 0.05) is 0 Å². The topological polar surface area (TPSA) is 29.1 Å². The molecule has 1 heterocycles. The van der Waals surface area contributed by atoms with Gasteiger partial charge in [0.1, 0.15) is 0 Å². The number of carbonyl (C=O) groups is 1. The van der Waals surface area contributed by atoms with Crippen molar-refractivity contribution in [2.75, 3.05) is 6.54 Å². The third kappa shape index (κ3) is 2.91. The molecule has 0 radical (unpaired) electrons. The highest BCUT2D eigenvalue weighted by atomic mass is 16.1. The Labute approximate surface area is 92.1 Å². The minimum atomic E-state index is 0.122. The van der Waals surface area contributed by atoms with Crippen LogP contribution in [0.1, 0.15) is 51.4 Å². The standard InChI is InChI=1S/C13H21NO/c15-13(11-7-3-1-4-8-11)12-9-5-2-6-10-14-12/h7,12,14H,1-6,8-10H2. The van der Waals surface area contributed by atoms with Crippen molar-refractivity contribution in [1.29, 1.82) is 0 Å². The first kappa shape index (κ1) is 10.9. The van der Waals surface area contributed by atoms with E-state index in [1.54, 1.807) is 0 Å². The average molecular weight is 207 g/mol. The predicted molar refractivity (Wildman–Crippen MR) is 61.8 cm³/mol. The second-order valence-corrected chi connectivity index (χ2v) is 4.70. The van der Waals surface area contributed by atoms with E-state index in [1.807, 2.05) is 0 Å². The molecule has 15 heavy (non-hydrogen) atoms. The number of allylic oxidation sites excluding steroid dienone is 1. The predicted octanol–water partition coefficient (Wildman–Crippen LogP) is 2.59. The van der Waals surface area contributed by atoms with Crippen LogP contribution in [0.5, 0.6) is 0 Å². The minimum absolute atomic E-state index is 0.122. The number of nitrogens with one attached hydrogen (secondary N) is 1. The van der Waals surface area contributed by atoms with Crippen molar-refractivity contribution in [3.8, 4) is 0 Å². The number of ketones is 1. The van der Waals surface area contributed by atoms with Gasteiger partial charge in [-0.25, -0.2) is 0 Å². The molecule has 1 N–H and O–H groups in total. The Bertz CT molecular complexity index is 249. The fourth-order valence-electron chi connectivity index (χ4n) is 2.54. The zero-order chi connectivity index (χ0) is 10.5. The minimum Gasteiger partial charge on any atom is -0.307 e. The summed E-state index contributed by atoms with van der Waals surface area (Å²) in [6.07, 6.45) is 11.5. The van der Waals surface area contributed by atoms with Gasteiger partial charge in [0.15, 0.2) is 5.78 Å². The molecule has 1 atom stereocenters. The molecular weight excluding hydrogens is 186 g/mol. The largest absolute Gasteiger partial charge is 0.307 e. The average Bonchev–Trinajstić information content (AvgIpc) is 2.58. The highest BCUT2D eigenvalue weighted by Crippen LogP contribution is 2.21. The lowest BCUT2D eigenvalue weighted by Gasteiger charge is -2.18. The number of hydrogen-bond acceptors (Lipinski definition) is 2. The monoisotopic (exact) mass is 207 g/mol. The number of carbonyl (C=O) groups excluding carboxylic acids is 1. The number of hydrogen-bond donors (Lipinski definition) is 1. The summed E-state index contributed by atoms with van der Waals surface area (Å²) in [6.45, 7) is 1.02. The zero-order valence-corrected chi connectivity index (χ0v) is 9.43. The maximum atomic E-state index is 12.2.